The van der Waals surface area contributed by atoms with Crippen molar-refractivity contribution in [1.29, 1.82) is 0 Å². The molecule has 26 heavy (non-hydrogen) atoms. The van der Waals surface area contributed by atoms with Crippen molar-refractivity contribution in [3.05, 3.63) is 53.1 Å². The summed E-state index contributed by atoms with van der Waals surface area (Å²) in [5.74, 6) is 0.938. The van der Waals surface area contributed by atoms with E-state index in [1.54, 1.807) is 18.2 Å². The lowest BCUT2D eigenvalue weighted by atomic mass is 10.2. The normalized spacial score (nSPS) is 16.5. The van der Waals surface area contributed by atoms with Crippen molar-refractivity contribution in [2.75, 3.05) is 25.1 Å². The minimum absolute atomic E-state index is 0.0453. The molecule has 1 aliphatic rings. The number of aryl methyl sites for hydroxylation is 1. The Bertz CT molecular complexity index is 742. The molecule has 1 heterocycles. The van der Waals surface area contributed by atoms with Gasteiger partial charge in [-0.15, -0.1) is 0 Å². The Hall–Kier alpha value is -2.08. The summed E-state index contributed by atoms with van der Waals surface area (Å²) in [4.78, 5) is 12.2. The van der Waals surface area contributed by atoms with E-state index in [1.807, 2.05) is 31.2 Å². The van der Waals surface area contributed by atoms with Crippen molar-refractivity contribution >= 4 is 23.2 Å². The molecule has 0 spiro atoms. The maximum Gasteiger partial charge on any atom is 0.250 e. The van der Waals surface area contributed by atoms with E-state index in [0.29, 0.717) is 28.8 Å². The number of benzene rings is 2. The van der Waals surface area contributed by atoms with Crippen molar-refractivity contribution < 1.29 is 19.0 Å². The summed E-state index contributed by atoms with van der Waals surface area (Å²) in [6.45, 7) is 3.16. The summed E-state index contributed by atoms with van der Waals surface area (Å²) in [5.41, 5.74) is 1.65. The Labute approximate surface area is 158 Å². The van der Waals surface area contributed by atoms with Gasteiger partial charge in [-0.05, 0) is 50.1 Å². The molecule has 0 aliphatic carbocycles. The molecule has 0 bridgehead atoms. The highest BCUT2D eigenvalue weighted by atomic mass is 35.5. The predicted molar refractivity (Wildman–Crippen MR) is 101 cm³/mol. The van der Waals surface area contributed by atoms with Gasteiger partial charge in [-0.1, -0.05) is 29.3 Å². The van der Waals surface area contributed by atoms with E-state index < -0.39 is 0 Å². The Morgan fingerprint density at radius 2 is 2.08 bits per heavy atom. The summed E-state index contributed by atoms with van der Waals surface area (Å²) in [5, 5.41) is 3.31. The number of halogens is 1. The molecular formula is C20H22ClNO4. The number of anilines is 1. The van der Waals surface area contributed by atoms with Crippen molar-refractivity contribution in [3.8, 4) is 11.5 Å². The molecule has 2 aromatic carbocycles. The van der Waals surface area contributed by atoms with E-state index in [1.165, 1.54) is 0 Å². The molecule has 1 amide bonds. The van der Waals surface area contributed by atoms with Gasteiger partial charge in [0.05, 0.1) is 18.4 Å². The van der Waals surface area contributed by atoms with Crippen LogP contribution in [0.3, 0.4) is 0 Å². The second-order valence-electron chi connectivity index (χ2n) is 6.25. The quantitative estimate of drug-likeness (QED) is 0.769. The van der Waals surface area contributed by atoms with Crippen molar-refractivity contribution in [3.63, 3.8) is 0 Å². The minimum Gasteiger partial charge on any atom is -0.455 e. The van der Waals surface area contributed by atoms with Gasteiger partial charge < -0.3 is 19.5 Å². The first-order valence-electron chi connectivity index (χ1n) is 8.63. The number of carbonyl (C=O) groups is 1. The molecular weight excluding hydrogens is 354 g/mol. The van der Waals surface area contributed by atoms with Crippen LogP contribution in [0.25, 0.3) is 0 Å². The Morgan fingerprint density at radius 1 is 1.27 bits per heavy atom. The topological polar surface area (TPSA) is 56.8 Å². The van der Waals surface area contributed by atoms with Crippen LogP contribution in [0.2, 0.25) is 5.02 Å². The maximum absolute atomic E-state index is 12.2. The van der Waals surface area contributed by atoms with Crippen molar-refractivity contribution in [1.82, 2.24) is 0 Å². The van der Waals surface area contributed by atoms with Crippen LogP contribution >= 0.6 is 11.6 Å². The van der Waals surface area contributed by atoms with Gasteiger partial charge in [0.1, 0.15) is 12.4 Å². The highest BCUT2D eigenvalue weighted by molar-refractivity contribution is 6.31. The standard InChI is InChI=1S/C20H22ClNO4/c1-14-4-7-16(8-5-14)26-19-9-6-15(21)11-18(19)22-20(23)13-24-12-17-3-2-10-25-17/h4-9,11,17H,2-3,10,12-13H2,1H3,(H,22,23). The monoisotopic (exact) mass is 375 g/mol. The zero-order valence-electron chi connectivity index (χ0n) is 14.7. The number of carbonyl (C=O) groups excluding carboxylic acids is 1. The summed E-state index contributed by atoms with van der Waals surface area (Å²) >= 11 is 6.06. The average molecular weight is 376 g/mol. The third kappa shape index (κ3) is 5.46. The molecule has 3 rings (SSSR count). The fourth-order valence-corrected chi connectivity index (χ4v) is 2.84. The van der Waals surface area contributed by atoms with Crippen molar-refractivity contribution in [2.24, 2.45) is 0 Å². The van der Waals surface area contributed by atoms with Gasteiger partial charge in [0.15, 0.2) is 5.75 Å². The van der Waals surface area contributed by atoms with E-state index in [9.17, 15) is 4.79 Å². The molecule has 0 radical (unpaired) electrons. The lowest BCUT2D eigenvalue weighted by Crippen LogP contribution is -2.22. The van der Waals surface area contributed by atoms with E-state index in [4.69, 9.17) is 25.8 Å². The molecule has 0 saturated carbocycles. The van der Waals surface area contributed by atoms with E-state index >= 15 is 0 Å². The summed E-state index contributed by atoms with van der Waals surface area (Å²) in [6.07, 6.45) is 2.11. The number of ether oxygens (including phenoxy) is 3. The summed E-state index contributed by atoms with van der Waals surface area (Å²) in [7, 11) is 0. The van der Waals surface area contributed by atoms with Crippen molar-refractivity contribution in [2.45, 2.75) is 25.9 Å². The van der Waals surface area contributed by atoms with E-state index in [0.717, 1.165) is 25.0 Å². The zero-order chi connectivity index (χ0) is 18.4. The predicted octanol–water partition coefficient (Wildman–Crippen LogP) is 4.57. The summed E-state index contributed by atoms with van der Waals surface area (Å²) in [6, 6.07) is 12.8. The first-order chi connectivity index (χ1) is 12.6. The second-order valence-corrected chi connectivity index (χ2v) is 6.69. The number of hydrogen-bond donors (Lipinski definition) is 1. The molecule has 5 nitrogen and oxygen atoms in total. The van der Waals surface area contributed by atoms with Crippen LogP contribution in [0.4, 0.5) is 5.69 Å². The van der Waals surface area contributed by atoms with Gasteiger partial charge in [-0.3, -0.25) is 4.79 Å². The van der Waals surface area contributed by atoms with Crippen LogP contribution in [0.1, 0.15) is 18.4 Å². The molecule has 2 aromatic rings. The average Bonchev–Trinajstić information content (AvgIpc) is 3.12. The number of rotatable bonds is 7. The molecule has 1 saturated heterocycles. The molecule has 1 unspecified atom stereocenters. The highest BCUT2D eigenvalue weighted by Crippen LogP contribution is 2.32. The maximum atomic E-state index is 12.2. The third-order valence-corrected chi connectivity index (χ3v) is 4.26. The van der Waals surface area contributed by atoms with Gasteiger partial charge in [0.25, 0.3) is 0 Å². The van der Waals surface area contributed by atoms with Crippen LogP contribution in [0.15, 0.2) is 42.5 Å². The summed E-state index contributed by atoms with van der Waals surface area (Å²) < 4.78 is 16.8. The number of nitrogens with one attached hydrogen (secondary N) is 1. The van der Waals surface area contributed by atoms with E-state index in [2.05, 4.69) is 5.32 Å². The van der Waals surface area contributed by atoms with Crippen LogP contribution in [-0.2, 0) is 14.3 Å². The molecule has 0 aromatic heterocycles. The van der Waals surface area contributed by atoms with Crippen LogP contribution in [0, 0.1) is 6.92 Å². The fraction of sp³-hybridized carbons (Fsp3) is 0.350. The van der Waals surface area contributed by atoms with Gasteiger partial charge in [0, 0.05) is 11.6 Å². The zero-order valence-corrected chi connectivity index (χ0v) is 15.4. The number of amides is 1. The lowest BCUT2D eigenvalue weighted by Gasteiger charge is -2.14. The van der Waals surface area contributed by atoms with E-state index in [-0.39, 0.29) is 18.6 Å². The largest absolute Gasteiger partial charge is 0.455 e. The highest BCUT2D eigenvalue weighted by Gasteiger charge is 2.16. The minimum atomic E-state index is -0.265. The Morgan fingerprint density at radius 3 is 2.81 bits per heavy atom. The van der Waals surface area contributed by atoms with Gasteiger partial charge in [0.2, 0.25) is 5.91 Å². The molecule has 138 valence electrons. The molecule has 6 heteroatoms. The molecule has 1 aliphatic heterocycles. The molecule has 1 atom stereocenters. The lowest BCUT2D eigenvalue weighted by molar-refractivity contribution is -0.121. The van der Waals surface area contributed by atoms with Gasteiger partial charge >= 0.3 is 0 Å². The first kappa shape index (κ1) is 18.7. The second kappa shape index (κ2) is 9.03. The SMILES string of the molecule is Cc1ccc(Oc2ccc(Cl)cc2NC(=O)COCC2CCCO2)cc1. The van der Waals surface area contributed by atoms with Gasteiger partial charge in [-0.25, -0.2) is 0 Å². The third-order valence-electron chi connectivity index (χ3n) is 4.03. The van der Waals surface area contributed by atoms with Gasteiger partial charge in [-0.2, -0.15) is 0 Å². The molecule has 1 N–H and O–H groups in total. The Balaban J connectivity index is 1.59. The smallest absolute Gasteiger partial charge is 0.250 e. The number of hydrogen-bond acceptors (Lipinski definition) is 4. The fourth-order valence-electron chi connectivity index (χ4n) is 2.67. The first-order valence-corrected chi connectivity index (χ1v) is 9.01. The van der Waals surface area contributed by atoms with Crippen LogP contribution in [0.5, 0.6) is 11.5 Å². The Kier molecular flexibility index (Phi) is 6.50. The molecule has 1 fully saturated rings. The van der Waals surface area contributed by atoms with Crippen LogP contribution in [-0.4, -0.2) is 31.8 Å². The van der Waals surface area contributed by atoms with Crippen LogP contribution < -0.4 is 10.1 Å².